The number of halogens is 1. The van der Waals surface area contributed by atoms with Gasteiger partial charge in [-0.15, -0.1) is 0 Å². The van der Waals surface area contributed by atoms with Crippen molar-refractivity contribution in [2.45, 2.75) is 25.3 Å². The highest BCUT2D eigenvalue weighted by Gasteiger charge is 2.39. The third-order valence-electron chi connectivity index (χ3n) is 5.17. The number of benzene rings is 2. The van der Waals surface area contributed by atoms with Gasteiger partial charge in [-0.25, -0.2) is 0 Å². The van der Waals surface area contributed by atoms with Crippen molar-refractivity contribution in [1.29, 1.82) is 0 Å². The fourth-order valence-corrected chi connectivity index (χ4v) is 4.46. The molecule has 2 aliphatic rings. The van der Waals surface area contributed by atoms with Gasteiger partial charge in [0.05, 0.1) is 19.8 Å². The van der Waals surface area contributed by atoms with Crippen molar-refractivity contribution in [2.75, 3.05) is 19.0 Å². The molecule has 1 N–H and O–H groups in total. The lowest BCUT2D eigenvalue weighted by Crippen LogP contribution is -2.29. The van der Waals surface area contributed by atoms with Gasteiger partial charge in [-0.1, -0.05) is 28.1 Å². The largest absolute Gasteiger partial charge is 0.496 e. The molecule has 0 amide bonds. The molecule has 0 bridgehead atoms. The molecule has 0 unspecified atom stereocenters. The lowest BCUT2D eigenvalue weighted by molar-refractivity contribution is 0.338. The molecule has 0 spiro atoms. The first-order valence-corrected chi connectivity index (χ1v) is 9.54. The van der Waals surface area contributed by atoms with E-state index in [4.69, 9.17) is 9.47 Å². The summed E-state index contributed by atoms with van der Waals surface area (Å²) in [6.45, 7) is 2.71. The Morgan fingerprint density at radius 1 is 1.16 bits per heavy atom. The zero-order chi connectivity index (χ0) is 17.4. The van der Waals surface area contributed by atoms with Crippen molar-refractivity contribution < 1.29 is 9.47 Å². The van der Waals surface area contributed by atoms with Crippen LogP contribution in [0.3, 0.4) is 0 Å². The molecule has 25 heavy (non-hydrogen) atoms. The van der Waals surface area contributed by atoms with E-state index in [0.717, 1.165) is 22.4 Å². The number of nitrogens with one attached hydrogen (secondary N) is 1. The molecule has 3 atom stereocenters. The van der Waals surface area contributed by atoms with Gasteiger partial charge in [-0.3, -0.25) is 0 Å². The van der Waals surface area contributed by atoms with Gasteiger partial charge in [0.1, 0.15) is 11.5 Å². The summed E-state index contributed by atoms with van der Waals surface area (Å²) in [4.78, 5) is 0. The van der Waals surface area contributed by atoms with Gasteiger partial charge in [0.2, 0.25) is 0 Å². The molecule has 4 heteroatoms. The van der Waals surface area contributed by atoms with Crippen LogP contribution in [0.2, 0.25) is 0 Å². The summed E-state index contributed by atoms with van der Waals surface area (Å²) < 4.78 is 12.4. The van der Waals surface area contributed by atoms with Crippen LogP contribution in [0.4, 0.5) is 5.69 Å². The molecule has 3 nitrogen and oxygen atoms in total. The van der Waals surface area contributed by atoms with Crippen molar-refractivity contribution in [3.8, 4) is 11.5 Å². The Morgan fingerprint density at radius 3 is 2.84 bits per heavy atom. The molecule has 0 radical (unpaired) electrons. The second-order valence-corrected chi connectivity index (χ2v) is 7.46. The number of methoxy groups -OCH3 is 1. The fraction of sp³-hybridized carbons (Fsp3) is 0.333. The molecule has 1 aliphatic heterocycles. The van der Waals surface area contributed by atoms with Crippen LogP contribution in [-0.2, 0) is 0 Å². The summed E-state index contributed by atoms with van der Waals surface area (Å²) in [6.07, 6.45) is 5.71. The SMILES string of the molecule is CCOc1ccc2c(c1)[C@@H]1C=CC[C@@H]1[C@H](c1cc(Br)ccc1OC)N2. The number of rotatable bonds is 4. The standard InChI is InChI=1S/C21H22BrNO2/c1-3-25-14-8-9-19-17(12-14)15-5-4-6-16(15)21(23-19)18-11-13(22)7-10-20(18)24-2/h4-5,7-12,15-16,21,23H,3,6H2,1-2H3/t15-,16+,21-/m1/s1. The van der Waals surface area contributed by atoms with Crippen molar-refractivity contribution in [2.24, 2.45) is 5.92 Å². The smallest absolute Gasteiger partial charge is 0.124 e. The van der Waals surface area contributed by atoms with Gasteiger partial charge in [-0.05, 0) is 61.2 Å². The van der Waals surface area contributed by atoms with E-state index in [0.29, 0.717) is 18.4 Å². The van der Waals surface area contributed by atoms with Crippen molar-refractivity contribution in [1.82, 2.24) is 0 Å². The first-order chi connectivity index (χ1) is 12.2. The summed E-state index contributed by atoms with van der Waals surface area (Å²) in [5, 5.41) is 3.76. The van der Waals surface area contributed by atoms with Crippen LogP contribution in [0.1, 0.15) is 36.4 Å². The van der Waals surface area contributed by atoms with Crippen molar-refractivity contribution in [3.05, 3.63) is 64.1 Å². The summed E-state index contributed by atoms with van der Waals surface area (Å²) >= 11 is 3.61. The highest BCUT2D eigenvalue weighted by molar-refractivity contribution is 9.10. The molecule has 0 saturated carbocycles. The predicted octanol–water partition coefficient (Wildman–Crippen LogP) is 5.68. The quantitative estimate of drug-likeness (QED) is 0.670. The van der Waals surface area contributed by atoms with Crippen molar-refractivity contribution in [3.63, 3.8) is 0 Å². The summed E-state index contributed by atoms with van der Waals surface area (Å²) in [6, 6.07) is 12.8. The topological polar surface area (TPSA) is 30.5 Å². The van der Waals surface area contributed by atoms with Gasteiger partial charge < -0.3 is 14.8 Å². The maximum absolute atomic E-state index is 5.71. The van der Waals surface area contributed by atoms with E-state index in [1.54, 1.807) is 7.11 Å². The lowest BCUT2D eigenvalue weighted by Gasteiger charge is -2.38. The molecule has 0 fully saturated rings. The number of hydrogen-bond donors (Lipinski definition) is 1. The minimum atomic E-state index is 0.220. The molecule has 2 aromatic carbocycles. The van der Waals surface area contributed by atoms with E-state index in [1.807, 2.05) is 25.1 Å². The summed E-state index contributed by atoms with van der Waals surface area (Å²) in [5.41, 5.74) is 3.72. The minimum absolute atomic E-state index is 0.220. The van der Waals surface area contributed by atoms with Crippen LogP contribution in [0.15, 0.2) is 53.0 Å². The average molecular weight is 400 g/mol. The first-order valence-electron chi connectivity index (χ1n) is 8.74. The maximum Gasteiger partial charge on any atom is 0.124 e. The van der Waals surface area contributed by atoms with E-state index >= 15 is 0 Å². The van der Waals surface area contributed by atoms with Crippen molar-refractivity contribution >= 4 is 21.6 Å². The molecule has 0 saturated heterocycles. The monoisotopic (exact) mass is 399 g/mol. The number of ether oxygens (including phenoxy) is 2. The molecular weight excluding hydrogens is 378 g/mol. The highest BCUT2D eigenvalue weighted by Crippen LogP contribution is 2.52. The molecular formula is C21H22BrNO2. The van der Waals surface area contributed by atoms with Gasteiger partial charge in [0.25, 0.3) is 0 Å². The second-order valence-electron chi connectivity index (χ2n) is 6.54. The molecule has 1 aliphatic carbocycles. The first kappa shape index (κ1) is 16.5. The van der Waals surface area contributed by atoms with E-state index < -0.39 is 0 Å². The van der Waals surface area contributed by atoms with Crippen LogP contribution in [-0.4, -0.2) is 13.7 Å². The van der Waals surface area contributed by atoms with Crippen LogP contribution < -0.4 is 14.8 Å². The third kappa shape index (κ3) is 2.93. The van der Waals surface area contributed by atoms with E-state index in [1.165, 1.54) is 16.8 Å². The normalized spacial score (nSPS) is 23.6. The molecule has 0 aromatic heterocycles. The Labute approximate surface area is 157 Å². The van der Waals surface area contributed by atoms with E-state index in [2.05, 4.69) is 51.6 Å². The Kier molecular flexibility index (Phi) is 4.46. The van der Waals surface area contributed by atoms with Gasteiger partial charge in [-0.2, -0.15) is 0 Å². The zero-order valence-corrected chi connectivity index (χ0v) is 16.0. The number of anilines is 1. The highest BCUT2D eigenvalue weighted by atomic mass is 79.9. The number of allylic oxidation sites excluding steroid dienone is 2. The van der Waals surface area contributed by atoms with Crippen LogP contribution in [0.5, 0.6) is 11.5 Å². The van der Waals surface area contributed by atoms with Crippen LogP contribution >= 0.6 is 15.9 Å². The molecule has 4 rings (SSSR count). The Balaban J connectivity index is 1.77. The van der Waals surface area contributed by atoms with Gasteiger partial charge >= 0.3 is 0 Å². The number of hydrogen-bond acceptors (Lipinski definition) is 3. The second kappa shape index (κ2) is 6.75. The summed E-state index contributed by atoms with van der Waals surface area (Å²) in [7, 11) is 1.74. The predicted molar refractivity (Wildman–Crippen MR) is 105 cm³/mol. The molecule has 1 heterocycles. The third-order valence-corrected chi connectivity index (χ3v) is 5.67. The van der Waals surface area contributed by atoms with E-state index in [9.17, 15) is 0 Å². The van der Waals surface area contributed by atoms with Gasteiger partial charge in [0.15, 0.2) is 0 Å². The summed E-state index contributed by atoms with van der Waals surface area (Å²) in [5.74, 6) is 2.76. The Bertz CT molecular complexity index is 818. The zero-order valence-electron chi connectivity index (χ0n) is 14.5. The average Bonchev–Trinajstić information content (AvgIpc) is 3.11. The molecule has 130 valence electrons. The van der Waals surface area contributed by atoms with Crippen LogP contribution in [0.25, 0.3) is 0 Å². The Hall–Kier alpha value is -1.94. The van der Waals surface area contributed by atoms with Gasteiger partial charge in [0, 0.05) is 21.6 Å². The lowest BCUT2D eigenvalue weighted by atomic mass is 9.77. The van der Waals surface area contributed by atoms with E-state index in [-0.39, 0.29) is 6.04 Å². The fourth-order valence-electron chi connectivity index (χ4n) is 4.09. The molecule has 2 aromatic rings. The maximum atomic E-state index is 5.71. The number of fused-ring (bicyclic) bond motifs is 3. The Morgan fingerprint density at radius 2 is 2.04 bits per heavy atom. The minimum Gasteiger partial charge on any atom is -0.496 e. The van der Waals surface area contributed by atoms with Crippen LogP contribution in [0, 0.1) is 5.92 Å².